The van der Waals surface area contributed by atoms with Crippen LogP contribution in [0.4, 0.5) is 0 Å². The molecule has 1 spiro atoms. The number of phenols is 1. The number of piperidine rings is 1. The van der Waals surface area contributed by atoms with E-state index in [1.165, 1.54) is 0 Å². The van der Waals surface area contributed by atoms with E-state index in [0.29, 0.717) is 16.5 Å². The van der Waals surface area contributed by atoms with E-state index in [1.807, 2.05) is 30.3 Å². The Kier molecular flexibility index (Phi) is 4.93. The molecule has 0 aromatic heterocycles. The van der Waals surface area contributed by atoms with Crippen molar-refractivity contribution in [2.75, 3.05) is 13.1 Å². The van der Waals surface area contributed by atoms with Crippen LogP contribution in [0.15, 0.2) is 47.5 Å². The second-order valence-corrected chi connectivity index (χ2v) is 7.82. The van der Waals surface area contributed by atoms with Gasteiger partial charge in [-0.05, 0) is 61.8 Å². The molecule has 1 atom stereocenters. The van der Waals surface area contributed by atoms with Gasteiger partial charge in [0.1, 0.15) is 11.4 Å². The molecule has 2 aliphatic rings. The molecule has 2 aliphatic heterocycles. The molecule has 4 nitrogen and oxygen atoms in total. The fourth-order valence-electron chi connectivity index (χ4n) is 3.82. The van der Waals surface area contributed by atoms with E-state index in [9.17, 15) is 5.11 Å². The molecule has 4 rings (SSSR count). The molecule has 0 radical (unpaired) electrons. The Hall–Kier alpha value is -1.59. The van der Waals surface area contributed by atoms with Crippen molar-refractivity contribution in [3.8, 4) is 5.75 Å². The first-order valence-electron chi connectivity index (χ1n) is 8.86. The van der Waals surface area contributed by atoms with Crippen molar-refractivity contribution < 1.29 is 5.11 Å². The van der Waals surface area contributed by atoms with Crippen LogP contribution in [0, 0.1) is 0 Å². The van der Waals surface area contributed by atoms with Crippen LogP contribution in [0.25, 0.3) is 0 Å². The predicted octanol–water partition coefficient (Wildman–Crippen LogP) is 4.30. The number of aliphatic imine (C=N–C) groups is 1. The number of rotatable bonds is 2. The van der Waals surface area contributed by atoms with Crippen LogP contribution in [-0.2, 0) is 0 Å². The molecular weight excluding hydrogens is 369 g/mol. The van der Waals surface area contributed by atoms with E-state index in [1.54, 1.807) is 12.1 Å². The third kappa shape index (κ3) is 3.60. The summed E-state index contributed by atoms with van der Waals surface area (Å²) in [4.78, 5) is 5.11. The summed E-state index contributed by atoms with van der Waals surface area (Å²) in [5, 5.41) is 18.8. The van der Waals surface area contributed by atoms with Gasteiger partial charge in [-0.25, -0.2) is 0 Å². The van der Waals surface area contributed by atoms with Crippen LogP contribution in [-0.4, -0.2) is 29.6 Å². The SMILES string of the molecule is Oc1ccc(Cl)cc1C1CC(c2ccc(Cl)cc2)=NC2(CCNCC2)N1. The monoisotopic (exact) mass is 389 g/mol. The van der Waals surface area contributed by atoms with E-state index < -0.39 is 0 Å². The maximum Gasteiger partial charge on any atom is 0.120 e. The molecule has 2 heterocycles. The molecule has 2 aromatic carbocycles. The van der Waals surface area contributed by atoms with Gasteiger partial charge in [-0.3, -0.25) is 10.3 Å². The molecule has 26 heavy (non-hydrogen) atoms. The summed E-state index contributed by atoms with van der Waals surface area (Å²) in [5.41, 5.74) is 2.60. The Labute approximate surface area is 163 Å². The Bertz CT molecular complexity index is 829. The van der Waals surface area contributed by atoms with Crippen LogP contribution < -0.4 is 10.6 Å². The first kappa shape index (κ1) is 17.8. The fourth-order valence-corrected chi connectivity index (χ4v) is 4.12. The summed E-state index contributed by atoms with van der Waals surface area (Å²) in [6, 6.07) is 13.0. The van der Waals surface area contributed by atoms with Gasteiger partial charge >= 0.3 is 0 Å². The molecule has 1 fully saturated rings. The summed E-state index contributed by atoms with van der Waals surface area (Å²) in [7, 11) is 0. The predicted molar refractivity (Wildman–Crippen MR) is 106 cm³/mol. The smallest absolute Gasteiger partial charge is 0.120 e. The Morgan fingerprint density at radius 3 is 2.42 bits per heavy atom. The standard InChI is InChI=1S/C20H21Cl2N3O/c21-14-3-1-13(2-4-14)17-12-18(16-11-15(22)5-6-19(16)26)25-20(24-17)7-9-23-10-8-20/h1-6,11,18,23,25-26H,7-10,12H2. The number of hydrogen-bond acceptors (Lipinski definition) is 4. The van der Waals surface area contributed by atoms with E-state index in [-0.39, 0.29) is 17.5 Å². The minimum atomic E-state index is -0.322. The Balaban J connectivity index is 1.75. The third-order valence-electron chi connectivity index (χ3n) is 5.16. The fraction of sp³-hybridized carbons (Fsp3) is 0.350. The normalized spacial score (nSPS) is 22.2. The van der Waals surface area contributed by atoms with Crippen LogP contribution in [0.5, 0.6) is 5.75 Å². The van der Waals surface area contributed by atoms with Gasteiger partial charge in [0.2, 0.25) is 0 Å². The lowest BCUT2D eigenvalue weighted by atomic mass is 9.88. The highest BCUT2D eigenvalue weighted by Crippen LogP contribution is 2.37. The minimum absolute atomic E-state index is 0.0463. The van der Waals surface area contributed by atoms with Gasteiger partial charge in [-0.15, -0.1) is 0 Å². The molecule has 3 N–H and O–H groups in total. The van der Waals surface area contributed by atoms with Gasteiger partial charge in [-0.1, -0.05) is 35.3 Å². The molecule has 1 unspecified atom stereocenters. The number of aromatic hydroxyl groups is 1. The van der Waals surface area contributed by atoms with Crippen molar-refractivity contribution in [3.63, 3.8) is 0 Å². The minimum Gasteiger partial charge on any atom is -0.508 e. The summed E-state index contributed by atoms with van der Waals surface area (Å²) >= 11 is 12.2. The van der Waals surface area contributed by atoms with Crippen molar-refractivity contribution >= 4 is 28.9 Å². The average molecular weight is 390 g/mol. The highest BCUT2D eigenvalue weighted by atomic mass is 35.5. The van der Waals surface area contributed by atoms with Gasteiger partial charge < -0.3 is 10.4 Å². The Morgan fingerprint density at radius 2 is 1.69 bits per heavy atom. The average Bonchev–Trinajstić information content (AvgIpc) is 2.64. The van der Waals surface area contributed by atoms with E-state index >= 15 is 0 Å². The first-order chi connectivity index (χ1) is 12.5. The molecular formula is C20H21Cl2N3O. The van der Waals surface area contributed by atoms with Crippen LogP contribution in [0.3, 0.4) is 0 Å². The van der Waals surface area contributed by atoms with E-state index in [4.69, 9.17) is 28.2 Å². The second-order valence-electron chi connectivity index (χ2n) is 6.95. The molecule has 6 heteroatoms. The van der Waals surface area contributed by atoms with Crippen molar-refractivity contribution in [1.29, 1.82) is 0 Å². The van der Waals surface area contributed by atoms with Crippen LogP contribution >= 0.6 is 23.2 Å². The molecule has 0 saturated carbocycles. The zero-order valence-electron chi connectivity index (χ0n) is 14.3. The summed E-state index contributed by atoms with van der Waals surface area (Å²) in [5.74, 6) is 0.258. The summed E-state index contributed by atoms with van der Waals surface area (Å²) in [6.45, 7) is 1.83. The van der Waals surface area contributed by atoms with Crippen LogP contribution in [0.2, 0.25) is 10.0 Å². The lowest BCUT2D eigenvalue weighted by Gasteiger charge is -2.42. The largest absolute Gasteiger partial charge is 0.508 e. The van der Waals surface area contributed by atoms with Gasteiger partial charge in [0.05, 0.1) is 0 Å². The lowest BCUT2D eigenvalue weighted by molar-refractivity contribution is 0.216. The van der Waals surface area contributed by atoms with E-state index in [0.717, 1.165) is 42.8 Å². The molecule has 0 aliphatic carbocycles. The number of nitrogens with one attached hydrogen (secondary N) is 2. The highest BCUT2D eigenvalue weighted by molar-refractivity contribution is 6.31. The van der Waals surface area contributed by atoms with E-state index in [2.05, 4.69) is 10.6 Å². The van der Waals surface area contributed by atoms with Crippen molar-refractivity contribution in [2.45, 2.75) is 31.0 Å². The van der Waals surface area contributed by atoms with Gasteiger partial charge in [-0.2, -0.15) is 0 Å². The topological polar surface area (TPSA) is 56.7 Å². The number of phenolic OH excluding ortho intramolecular Hbond substituents is 1. The number of halogens is 2. The quantitative estimate of drug-likeness (QED) is 0.717. The number of hydrogen-bond donors (Lipinski definition) is 3. The van der Waals surface area contributed by atoms with Crippen LogP contribution in [0.1, 0.15) is 36.4 Å². The molecule has 1 saturated heterocycles. The Morgan fingerprint density at radius 1 is 1.00 bits per heavy atom. The molecule has 136 valence electrons. The molecule has 0 bridgehead atoms. The summed E-state index contributed by atoms with van der Waals surface area (Å²) < 4.78 is 0. The highest BCUT2D eigenvalue weighted by Gasteiger charge is 2.39. The number of benzene rings is 2. The zero-order chi connectivity index (χ0) is 18.1. The van der Waals surface area contributed by atoms with Crippen molar-refractivity contribution in [2.24, 2.45) is 4.99 Å². The molecule has 2 aromatic rings. The lowest BCUT2D eigenvalue weighted by Crippen LogP contribution is -2.55. The first-order valence-corrected chi connectivity index (χ1v) is 9.62. The van der Waals surface area contributed by atoms with Gasteiger partial charge in [0.25, 0.3) is 0 Å². The van der Waals surface area contributed by atoms with Crippen molar-refractivity contribution in [3.05, 3.63) is 63.6 Å². The van der Waals surface area contributed by atoms with Gasteiger partial charge in [0.15, 0.2) is 0 Å². The maximum atomic E-state index is 10.4. The summed E-state index contributed by atoms with van der Waals surface area (Å²) in [6.07, 6.45) is 2.49. The zero-order valence-corrected chi connectivity index (χ0v) is 15.8. The third-order valence-corrected chi connectivity index (χ3v) is 5.65. The number of nitrogens with zero attached hydrogens (tertiary/aromatic N) is 1. The molecule has 0 amide bonds. The second kappa shape index (κ2) is 7.20. The maximum absolute atomic E-state index is 10.4. The van der Waals surface area contributed by atoms with Crippen molar-refractivity contribution in [1.82, 2.24) is 10.6 Å². The van der Waals surface area contributed by atoms with Gasteiger partial charge in [0, 0.05) is 33.8 Å².